The van der Waals surface area contributed by atoms with Crippen LogP contribution in [-0.4, -0.2) is 51.7 Å². The topological polar surface area (TPSA) is 132 Å². The van der Waals surface area contributed by atoms with E-state index in [0.717, 1.165) is 4.90 Å². The number of imide groups is 2. The monoisotopic (exact) mass is 565 g/mol. The number of methoxy groups -OCH3 is 3. The summed E-state index contributed by atoms with van der Waals surface area (Å²) in [6.07, 6.45) is 1.27. The first-order valence-corrected chi connectivity index (χ1v) is 12.1. The number of amides is 5. The second-order valence-corrected chi connectivity index (χ2v) is 8.66. The number of barbiturate groups is 1. The first-order valence-electron chi connectivity index (χ1n) is 11.7. The number of benzene rings is 3. The molecule has 206 valence electrons. The van der Waals surface area contributed by atoms with Crippen LogP contribution < -0.4 is 34.5 Å². The summed E-state index contributed by atoms with van der Waals surface area (Å²) < 4.78 is 21.2. The molecular weight excluding hydrogens is 542 g/mol. The SMILES string of the molecule is COc1ccc(NC(=O)COc2c(Cl)cc(/C=C3\C(=O)NC(=O)N(c4ccc(OC)cc4)C3=O)cc2OC)cc1. The van der Waals surface area contributed by atoms with Crippen molar-refractivity contribution in [2.45, 2.75) is 0 Å². The summed E-state index contributed by atoms with van der Waals surface area (Å²) >= 11 is 6.42. The summed E-state index contributed by atoms with van der Waals surface area (Å²) in [6, 6.07) is 15.0. The molecule has 12 heteroatoms. The Morgan fingerprint density at radius 1 is 0.925 bits per heavy atom. The lowest BCUT2D eigenvalue weighted by Gasteiger charge is -2.26. The average molecular weight is 566 g/mol. The molecular formula is C28H24ClN3O8. The Morgan fingerprint density at radius 3 is 2.15 bits per heavy atom. The van der Waals surface area contributed by atoms with Crippen LogP contribution in [-0.2, 0) is 14.4 Å². The fraction of sp³-hybridized carbons (Fsp3) is 0.143. The molecule has 3 aromatic carbocycles. The van der Waals surface area contributed by atoms with Crippen molar-refractivity contribution in [2.24, 2.45) is 0 Å². The molecule has 1 fully saturated rings. The highest BCUT2D eigenvalue weighted by atomic mass is 35.5. The van der Waals surface area contributed by atoms with Crippen molar-refractivity contribution in [1.29, 1.82) is 0 Å². The van der Waals surface area contributed by atoms with Gasteiger partial charge >= 0.3 is 6.03 Å². The van der Waals surface area contributed by atoms with Crippen molar-refractivity contribution >= 4 is 52.8 Å². The van der Waals surface area contributed by atoms with Crippen LogP contribution >= 0.6 is 11.6 Å². The number of urea groups is 1. The van der Waals surface area contributed by atoms with E-state index in [9.17, 15) is 19.2 Å². The van der Waals surface area contributed by atoms with Crippen LogP contribution in [0.3, 0.4) is 0 Å². The zero-order chi connectivity index (χ0) is 28.8. The van der Waals surface area contributed by atoms with E-state index in [1.807, 2.05) is 0 Å². The molecule has 1 aliphatic rings. The number of nitrogens with zero attached hydrogens (tertiary/aromatic N) is 1. The molecule has 5 amide bonds. The molecule has 0 radical (unpaired) electrons. The van der Waals surface area contributed by atoms with E-state index in [1.165, 1.54) is 44.6 Å². The quantitative estimate of drug-likeness (QED) is 0.293. The van der Waals surface area contributed by atoms with Gasteiger partial charge in [-0.1, -0.05) is 11.6 Å². The van der Waals surface area contributed by atoms with Crippen LogP contribution in [0.25, 0.3) is 6.08 Å². The van der Waals surface area contributed by atoms with Gasteiger partial charge in [0.05, 0.1) is 32.0 Å². The summed E-state index contributed by atoms with van der Waals surface area (Å²) in [7, 11) is 4.40. The van der Waals surface area contributed by atoms with Gasteiger partial charge in [-0.15, -0.1) is 0 Å². The lowest BCUT2D eigenvalue weighted by molar-refractivity contribution is -0.122. The summed E-state index contributed by atoms with van der Waals surface area (Å²) in [5, 5.41) is 4.91. The largest absolute Gasteiger partial charge is 0.497 e. The van der Waals surface area contributed by atoms with Gasteiger partial charge in [0.1, 0.15) is 17.1 Å². The molecule has 0 aliphatic carbocycles. The molecule has 0 atom stereocenters. The predicted molar refractivity (Wildman–Crippen MR) is 147 cm³/mol. The average Bonchev–Trinajstić information content (AvgIpc) is 2.95. The molecule has 1 aliphatic heterocycles. The van der Waals surface area contributed by atoms with Crippen LogP contribution in [0.4, 0.5) is 16.2 Å². The minimum atomic E-state index is -0.885. The zero-order valence-electron chi connectivity index (χ0n) is 21.6. The second kappa shape index (κ2) is 12.2. The van der Waals surface area contributed by atoms with Crippen molar-refractivity contribution in [3.8, 4) is 23.0 Å². The number of hydrogen-bond donors (Lipinski definition) is 2. The number of ether oxygens (including phenoxy) is 4. The van der Waals surface area contributed by atoms with Gasteiger partial charge in [0.25, 0.3) is 17.7 Å². The van der Waals surface area contributed by atoms with Gasteiger partial charge in [0, 0.05) is 5.69 Å². The van der Waals surface area contributed by atoms with Gasteiger partial charge in [0.15, 0.2) is 18.1 Å². The second-order valence-electron chi connectivity index (χ2n) is 8.26. The van der Waals surface area contributed by atoms with Crippen LogP contribution in [0.1, 0.15) is 5.56 Å². The van der Waals surface area contributed by atoms with Crippen LogP contribution in [0.2, 0.25) is 5.02 Å². The van der Waals surface area contributed by atoms with Crippen molar-refractivity contribution < 1.29 is 38.1 Å². The number of rotatable bonds is 9. The normalized spacial score (nSPS) is 14.1. The molecule has 4 rings (SSSR count). The molecule has 0 aromatic heterocycles. The predicted octanol–water partition coefficient (Wildman–Crippen LogP) is 4.05. The number of anilines is 2. The van der Waals surface area contributed by atoms with E-state index >= 15 is 0 Å². The van der Waals surface area contributed by atoms with Gasteiger partial charge in [-0.25, -0.2) is 9.69 Å². The van der Waals surface area contributed by atoms with Gasteiger partial charge in [-0.3, -0.25) is 19.7 Å². The van der Waals surface area contributed by atoms with Gasteiger partial charge < -0.3 is 24.3 Å². The van der Waals surface area contributed by atoms with Crippen LogP contribution in [0, 0.1) is 0 Å². The molecule has 1 saturated heterocycles. The van der Waals surface area contributed by atoms with Crippen LogP contribution in [0.15, 0.2) is 66.2 Å². The lowest BCUT2D eigenvalue weighted by Crippen LogP contribution is -2.54. The van der Waals surface area contributed by atoms with E-state index in [-0.39, 0.29) is 34.4 Å². The molecule has 0 unspecified atom stereocenters. The van der Waals surface area contributed by atoms with Crippen LogP contribution in [0.5, 0.6) is 23.0 Å². The van der Waals surface area contributed by atoms with E-state index in [4.69, 9.17) is 30.5 Å². The molecule has 11 nitrogen and oxygen atoms in total. The number of hydrogen-bond acceptors (Lipinski definition) is 8. The lowest BCUT2D eigenvalue weighted by atomic mass is 10.1. The third-order valence-electron chi connectivity index (χ3n) is 5.72. The first kappa shape index (κ1) is 28.0. The maximum Gasteiger partial charge on any atom is 0.335 e. The Balaban J connectivity index is 1.53. The smallest absolute Gasteiger partial charge is 0.335 e. The minimum Gasteiger partial charge on any atom is -0.497 e. The number of halogens is 1. The highest BCUT2D eigenvalue weighted by Gasteiger charge is 2.37. The molecule has 2 N–H and O–H groups in total. The molecule has 3 aromatic rings. The zero-order valence-corrected chi connectivity index (χ0v) is 22.4. The van der Waals surface area contributed by atoms with E-state index in [2.05, 4.69) is 10.6 Å². The minimum absolute atomic E-state index is 0.0650. The van der Waals surface area contributed by atoms with E-state index in [0.29, 0.717) is 22.7 Å². The molecule has 40 heavy (non-hydrogen) atoms. The van der Waals surface area contributed by atoms with Crippen molar-refractivity contribution in [2.75, 3.05) is 38.2 Å². The number of nitrogens with one attached hydrogen (secondary N) is 2. The van der Waals surface area contributed by atoms with Gasteiger partial charge in [-0.2, -0.15) is 0 Å². The van der Waals surface area contributed by atoms with Crippen molar-refractivity contribution in [1.82, 2.24) is 5.32 Å². The Labute approximate surface area is 234 Å². The summed E-state index contributed by atoms with van der Waals surface area (Å²) in [5.74, 6) is -0.720. The summed E-state index contributed by atoms with van der Waals surface area (Å²) in [4.78, 5) is 51.4. The highest BCUT2D eigenvalue weighted by molar-refractivity contribution is 6.39. The highest BCUT2D eigenvalue weighted by Crippen LogP contribution is 2.37. The van der Waals surface area contributed by atoms with E-state index < -0.39 is 23.8 Å². The standard InChI is InChI=1S/C28H24ClN3O8/c1-37-19-8-4-17(5-9-19)30-24(33)15-40-25-22(29)13-16(14-23(25)39-3)12-21-26(34)31-28(36)32(27(21)35)18-6-10-20(38-2)11-7-18/h4-14H,15H2,1-3H3,(H,30,33)(H,31,34,36)/b21-12+. The Morgan fingerprint density at radius 2 is 1.55 bits per heavy atom. The number of carbonyl (C=O) groups is 4. The third kappa shape index (κ3) is 6.16. The van der Waals surface area contributed by atoms with Crippen molar-refractivity contribution in [3.63, 3.8) is 0 Å². The molecule has 0 saturated carbocycles. The maximum atomic E-state index is 13.2. The molecule has 0 bridgehead atoms. The van der Waals surface area contributed by atoms with Crippen molar-refractivity contribution in [3.05, 3.63) is 76.8 Å². The number of carbonyl (C=O) groups excluding carboxylic acids is 4. The fourth-order valence-corrected chi connectivity index (χ4v) is 4.04. The molecule has 1 heterocycles. The van der Waals surface area contributed by atoms with Gasteiger partial charge in [-0.05, 0) is 72.3 Å². The molecule has 0 spiro atoms. The Bertz CT molecular complexity index is 1490. The third-order valence-corrected chi connectivity index (χ3v) is 6.00. The first-order chi connectivity index (χ1) is 19.2. The maximum absolute atomic E-state index is 13.2. The summed E-state index contributed by atoms with van der Waals surface area (Å²) in [5.41, 5.74) is 0.807. The Kier molecular flexibility index (Phi) is 8.55. The van der Waals surface area contributed by atoms with E-state index in [1.54, 1.807) is 43.5 Å². The summed E-state index contributed by atoms with van der Waals surface area (Å²) in [6.45, 7) is -0.373. The Hall–Kier alpha value is -5.03. The van der Waals surface area contributed by atoms with Gasteiger partial charge in [0.2, 0.25) is 0 Å². The fourth-order valence-electron chi connectivity index (χ4n) is 3.76.